The first-order valence-electron chi connectivity index (χ1n) is 25.0. The van der Waals surface area contributed by atoms with Gasteiger partial charge in [0.25, 0.3) is 0 Å². The normalized spacial score (nSPS) is 11.9. The Balaban J connectivity index is 1.48. The van der Waals surface area contributed by atoms with E-state index in [0.29, 0.717) is 0 Å². The van der Waals surface area contributed by atoms with Crippen molar-refractivity contribution in [3.05, 3.63) is 42.5 Å². The summed E-state index contributed by atoms with van der Waals surface area (Å²) in [6.45, 7) is 0. The number of hydrogen-bond acceptors (Lipinski definition) is 1. The Bertz CT molecular complexity index is 3930. The van der Waals surface area contributed by atoms with Gasteiger partial charge in [-0.1, -0.05) is 95.3 Å². The second-order valence-electron chi connectivity index (χ2n) is 21.3. The van der Waals surface area contributed by atoms with Crippen molar-refractivity contribution in [3.63, 3.8) is 0 Å². The zero-order chi connectivity index (χ0) is 49.2. The Morgan fingerprint density at radius 3 is 0.985 bits per heavy atom. The Hall–Kier alpha value is -4.82. The van der Waals surface area contributed by atoms with Gasteiger partial charge in [0.2, 0.25) is 0 Å². The molecule has 0 aliphatic rings. The minimum absolute atomic E-state index is 0.932. The molecule has 0 saturated heterocycles. The molecule has 0 aliphatic carbocycles. The SMILES string of the molecule is Bc1c(B)c(-c2c3c(B)c(B)c(B)c(B)c3c(-c3c(B)c4c(B)c(B)c(B)c(B)c4c4c(B)c(B)c(B)c(B)c34)c3c(B)c(B)c(B)c(B)c23)c(B)c(B)c1-c1ccc2oc3ccccc3c2c1. The quantitative estimate of drug-likeness (QED) is 0.0981. The lowest BCUT2D eigenvalue weighted by atomic mass is 9.56. The molecule has 10 aromatic rings. The fraction of sp³-hybridized carbons (Fsp3) is 0. The number of fused-ring (bicyclic) bond motifs is 8. The van der Waals surface area contributed by atoms with Gasteiger partial charge < -0.3 is 4.42 Å². The van der Waals surface area contributed by atoms with Crippen LogP contribution in [0.25, 0.3) is 98.4 Å². The largest absolute Gasteiger partial charge is 0.456 e. The van der Waals surface area contributed by atoms with Gasteiger partial charge in [-0.05, 0) is 94.7 Å². The number of furan rings is 1. The second-order valence-corrected chi connectivity index (χ2v) is 21.3. The highest BCUT2D eigenvalue weighted by Gasteiger charge is 2.31. The Kier molecular flexibility index (Phi) is 11.1. The third-order valence-corrected chi connectivity index (χ3v) is 18.8. The maximum atomic E-state index is 6.33. The summed E-state index contributed by atoms with van der Waals surface area (Å²) >= 11 is 0. The van der Waals surface area contributed by atoms with Crippen LogP contribution >= 0.6 is 0 Å². The molecule has 0 amide bonds. The average molecular weight is 845 g/mol. The van der Waals surface area contributed by atoms with E-state index in [1.54, 1.807) is 0 Å². The molecule has 10 rings (SSSR count). The van der Waals surface area contributed by atoms with E-state index in [2.05, 4.69) is 207 Å². The number of para-hydroxylation sites is 1. The van der Waals surface area contributed by atoms with Crippen molar-refractivity contribution in [2.75, 3.05) is 0 Å². The highest BCUT2D eigenvalue weighted by Crippen LogP contribution is 2.42. The van der Waals surface area contributed by atoms with Crippen LogP contribution in [-0.4, -0.2) is 165 Å². The molecular weight excluding hydrogens is 796 g/mol. The monoisotopic (exact) mass is 849 g/mol. The summed E-state index contributed by atoms with van der Waals surface area (Å²) in [5.74, 6) is 0. The van der Waals surface area contributed by atoms with Crippen molar-refractivity contribution >= 4 is 345 Å². The lowest BCUT2D eigenvalue weighted by Gasteiger charge is -2.33. The first-order valence-corrected chi connectivity index (χ1v) is 25.0. The highest BCUT2D eigenvalue weighted by molar-refractivity contribution is 6.76. The molecule has 0 bridgehead atoms. The maximum Gasteiger partial charge on any atom is 0.140 e. The molecule has 0 radical (unpaired) electrons. The van der Waals surface area contributed by atoms with E-state index < -0.39 is 0 Å². The van der Waals surface area contributed by atoms with Crippen molar-refractivity contribution in [2.45, 2.75) is 0 Å². The molecule has 0 aliphatic heterocycles. The second kappa shape index (κ2) is 16.1. The predicted molar refractivity (Wildman–Crippen MR) is 372 cm³/mol. The molecule has 68 heavy (non-hydrogen) atoms. The Morgan fingerprint density at radius 1 is 0.221 bits per heavy atom. The van der Waals surface area contributed by atoms with Gasteiger partial charge >= 0.3 is 0 Å². The van der Waals surface area contributed by atoms with Gasteiger partial charge in [-0.3, -0.25) is 0 Å². The van der Waals surface area contributed by atoms with Gasteiger partial charge in [0.1, 0.15) is 176 Å². The van der Waals surface area contributed by atoms with Crippen molar-refractivity contribution < 1.29 is 4.42 Å². The molecule has 9 aromatic carbocycles. The van der Waals surface area contributed by atoms with E-state index in [0.717, 1.165) is 16.6 Å². The molecule has 0 N–H and O–H groups in total. The number of hydrogen-bond donors (Lipinski definition) is 0. The maximum absolute atomic E-state index is 6.33. The third-order valence-electron chi connectivity index (χ3n) is 18.8. The Labute approximate surface area is 422 Å². The minimum atomic E-state index is 0.932. The van der Waals surface area contributed by atoms with Crippen LogP contribution in [0.2, 0.25) is 0 Å². The van der Waals surface area contributed by atoms with Gasteiger partial charge in [-0.15, -0.1) is 43.7 Å². The van der Waals surface area contributed by atoms with Crippen LogP contribution < -0.4 is 115 Å². The van der Waals surface area contributed by atoms with E-state index in [1.165, 1.54) is 197 Å². The van der Waals surface area contributed by atoms with E-state index in [4.69, 9.17) is 4.42 Å². The van der Waals surface area contributed by atoms with Crippen LogP contribution in [0.1, 0.15) is 0 Å². The van der Waals surface area contributed by atoms with Gasteiger partial charge in [0.05, 0.1) is 0 Å². The van der Waals surface area contributed by atoms with E-state index in [-0.39, 0.29) is 0 Å². The first-order chi connectivity index (χ1) is 32.1. The van der Waals surface area contributed by atoms with Crippen LogP contribution in [0.5, 0.6) is 0 Å². The molecule has 0 atom stereocenters. The summed E-state index contributed by atoms with van der Waals surface area (Å²) in [4.78, 5) is 0. The molecule has 0 fully saturated rings. The molecule has 0 unspecified atom stereocenters. The lowest BCUT2D eigenvalue weighted by Crippen LogP contribution is -2.52. The molecule has 0 spiro atoms. The molecule has 1 nitrogen and oxygen atoms in total. The van der Waals surface area contributed by atoms with Crippen LogP contribution in [0, 0.1) is 0 Å². The third kappa shape index (κ3) is 6.06. The topological polar surface area (TPSA) is 13.1 Å². The summed E-state index contributed by atoms with van der Waals surface area (Å²) in [5, 5.41) is 13.7. The predicted octanol–water partition coefficient (Wildman–Crippen LogP) is -23.4. The molecule has 22 heteroatoms. The molecule has 0 saturated carbocycles. The summed E-state index contributed by atoms with van der Waals surface area (Å²) in [6, 6.07) is 15.2. The average Bonchev–Trinajstić information content (AvgIpc) is 3.70. The van der Waals surface area contributed by atoms with Crippen molar-refractivity contribution in [1.29, 1.82) is 0 Å². The summed E-state index contributed by atoms with van der Waals surface area (Å²) in [6.07, 6.45) is 0. The van der Waals surface area contributed by atoms with E-state index in [9.17, 15) is 0 Å². The van der Waals surface area contributed by atoms with Gasteiger partial charge in [0, 0.05) is 10.8 Å². The van der Waals surface area contributed by atoms with Crippen molar-refractivity contribution in [2.24, 2.45) is 0 Å². The van der Waals surface area contributed by atoms with Gasteiger partial charge in [-0.25, -0.2) is 0 Å². The molecule has 1 heterocycles. The summed E-state index contributed by atoms with van der Waals surface area (Å²) in [7, 11) is 50.1. The lowest BCUT2D eigenvalue weighted by molar-refractivity contribution is 0.669. The molecule has 1 aromatic heterocycles. The Morgan fingerprint density at radius 2 is 0.544 bits per heavy atom. The zero-order valence-corrected chi connectivity index (χ0v) is 44.9. The molecule has 302 valence electrons. The van der Waals surface area contributed by atoms with Crippen molar-refractivity contribution in [1.82, 2.24) is 0 Å². The summed E-state index contributed by atoms with van der Waals surface area (Å²) in [5.41, 5.74) is 39.1. The fourth-order valence-electron chi connectivity index (χ4n) is 13.3. The number of rotatable bonds is 3. The summed E-state index contributed by atoms with van der Waals surface area (Å²) < 4.78 is 6.33. The van der Waals surface area contributed by atoms with Gasteiger partial charge in [-0.2, -0.15) is 0 Å². The standard InChI is InChI=1S/C46H49B21O/c47-26-16(21-22(34(55)44(65)43(64)33(21)54)23-25(26)38(59)46(67)45(66)35(23)56)14-17-19(31(52)41(62)39(60)29(17)50)15(20-18(14)30(51)40(61)42(63)32(20)53)24-36(57)27(48)13(28(49)37(24)58)8-5-6-12-10(7-8)9-3-1-2-4-11(9)68-12/h1-7H,47-67H2. The van der Waals surface area contributed by atoms with E-state index >= 15 is 0 Å². The van der Waals surface area contributed by atoms with Crippen LogP contribution in [0.3, 0.4) is 0 Å². The zero-order valence-electron chi connectivity index (χ0n) is 44.9. The number of benzene rings is 9. The van der Waals surface area contributed by atoms with Crippen molar-refractivity contribution in [3.8, 4) is 33.4 Å². The fourth-order valence-corrected chi connectivity index (χ4v) is 13.3. The van der Waals surface area contributed by atoms with Crippen LogP contribution in [-0.2, 0) is 0 Å². The van der Waals surface area contributed by atoms with Crippen LogP contribution in [0.4, 0.5) is 0 Å². The smallest absolute Gasteiger partial charge is 0.140 e. The first kappa shape index (κ1) is 46.9. The minimum Gasteiger partial charge on any atom is -0.456 e. The highest BCUT2D eigenvalue weighted by atomic mass is 16.3. The van der Waals surface area contributed by atoms with E-state index in [1.807, 2.05) is 0 Å². The van der Waals surface area contributed by atoms with Crippen LogP contribution in [0.15, 0.2) is 46.9 Å². The molecular formula is C46H49B21O. The van der Waals surface area contributed by atoms with Gasteiger partial charge in [0.15, 0.2) is 0 Å².